The molecular weight excluding hydrogens is 250 g/mol. The third-order valence-electron chi connectivity index (χ3n) is 3.13. The molecule has 4 nitrogen and oxygen atoms in total. The van der Waals surface area contributed by atoms with Gasteiger partial charge in [0.05, 0.1) is 17.8 Å². The van der Waals surface area contributed by atoms with E-state index >= 15 is 0 Å². The summed E-state index contributed by atoms with van der Waals surface area (Å²) < 4.78 is 5.86. The molecule has 20 heavy (non-hydrogen) atoms. The van der Waals surface area contributed by atoms with Crippen molar-refractivity contribution in [2.75, 3.05) is 4.90 Å². The van der Waals surface area contributed by atoms with Gasteiger partial charge in [0.2, 0.25) is 0 Å². The van der Waals surface area contributed by atoms with Crippen LogP contribution in [0.4, 0.5) is 6.01 Å². The molecule has 0 radical (unpaired) electrons. The van der Waals surface area contributed by atoms with E-state index in [-0.39, 0.29) is 0 Å². The highest BCUT2D eigenvalue weighted by Crippen LogP contribution is 2.26. The molecule has 1 aromatic heterocycles. The molecule has 0 N–H and O–H groups in total. The van der Waals surface area contributed by atoms with E-state index in [1.165, 1.54) is 0 Å². The highest BCUT2D eigenvalue weighted by atomic mass is 16.4. The summed E-state index contributed by atoms with van der Waals surface area (Å²) in [6.45, 7) is 8.47. The highest BCUT2D eigenvalue weighted by Gasteiger charge is 2.19. The van der Waals surface area contributed by atoms with Crippen LogP contribution >= 0.6 is 0 Å². The van der Waals surface area contributed by atoms with Gasteiger partial charge in [0.25, 0.3) is 6.01 Å². The summed E-state index contributed by atoms with van der Waals surface area (Å²) in [5.41, 5.74) is 1.56. The Morgan fingerprint density at radius 1 is 1.10 bits per heavy atom. The first-order valence-corrected chi connectivity index (χ1v) is 6.77. The predicted octanol–water partition coefficient (Wildman–Crippen LogP) is 3.84. The van der Waals surface area contributed by atoms with Crippen LogP contribution in [0.5, 0.6) is 0 Å². The molecule has 1 aromatic carbocycles. The second-order valence-electron chi connectivity index (χ2n) is 5.29. The second kappa shape index (κ2) is 5.79. The Hall–Kier alpha value is -2.28. The third-order valence-corrected chi connectivity index (χ3v) is 3.13. The highest BCUT2D eigenvalue weighted by molar-refractivity contribution is 5.59. The lowest BCUT2D eigenvalue weighted by Crippen LogP contribution is -2.37. The van der Waals surface area contributed by atoms with E-state index in [0.717, 1.165) is 11.3 Å². The normalized spacial score (nSPS) is 10.8. The molecular formula is C16H19N3O. The topological polar surface area (TPSA) is 53.1 Å². The number of rotatable bonds is 4. The summed E-state index contributed by atoms with van der Waals surface area (Å²) in [7, 11) is 0. The van der Waals surface area contributed by atoms with Crippen LogP contribution in [0.2, 0.25) is 0 Å². The van der Waals surface area contributed by atoms with Crippen molar-refractivity contribution in [3.8, 4) is 17.4 Å². The molecule has 0 atom stereocenters. The van der Waals surface area contributed by atoms with Gasteiger partial charge < -0.3 is 9.32 Å². The minimum absolute atomic E-state index is 0.322. The lowest BCUT2D eigenvalue weighted by atomic mass is 10.1. The molecule has 2 rings (SSSR count). The molecule has 4 heteroatoms. The first kappa shape index (κ1) is 14.1. The van der Waals surface area contributed by atoms with Gasteiger partial charge >= 0.3 is 0 Å². The van der Waals surface area contributed by atoms with Crippen molar-refractivity contribution in [1.29, 1.82) is 5.26 Å². The van der Waals surface area contributed by atoms with E-state index in [0.29, 0.717) is 23.7 Å². The molecule has 0 spiro atoms. The fourth-order valence-electron chi connectivity index (χ4n) is 2.26. The van der Waals surface area contributed by atoms with Gasteiger partial charge in [0, 0.05) is 17.6 Å². The minimum Gasteiger partial charge on any atom is -0.423 e. The number of hydrogen-bond donors (Lipinski definition) is 0. The van der Waals surface area contributed by atoms with Crippen molar-refractivity contribution in [3.63, 3.8) is 0 Å². The Morgan fingerprint density at radius 2 is 1.70 bits per heavy atom. The maximum Gasteiger partial charge on any atom is 0.298 e. The van der Waals surface area contributed by atoms with Crippen LogP contribution in [0.25, 0.3) is 11.3 Å². The van der Waals surface area contributed by atoms with Crippen LogP contribution in [-0.2, 0) is 0 Å². The zero-order valence-electron chi connectivity index (χ0n) is 12.3. The first-order chi connectivity index (χ1) is 9.52. The quantitative estimate of drug-likeness (QED) is 0.846. The Balaban J connectivity index is 2.30. The van der Waals surface area contributed by atoms with Crippen LogP contribution in [0, 0.1) is 11.3 Å². The van der Waals surface area contributed by atoms with Crippen LogP contribution in [0.15, 0.2) is 34.9 Å². The Bertz CT molecular complexity index is 597. The summed E-state index contributed by atoms with van der Waals surface area (Å²) in [4.78, 5) is 6.50. The maximum absolute atomic E-state index is 8.81. The standard InChI is InChI=1S/C16H19N3O/c1-11(2)19(12(3)4)16-18-10-15(20-16)14-7-5-13(9-17)6-8-14/h5-8,10-12H,1-4H3. The van der Waals surface area contributed by atoms with Crippen molar-refractivity contribution < 1.29 is 4.42 Å². The van der Waals surface area contributed by atoms with Gasteiger partial charge in [-0.15, -0.1) is 0 Å². The smallest absolute Gasteiger partial charge is 0.298 e. The van der Waals surface area contributed by atoms with Gasteiger partial charge in [-0.3, -0.25) is 0 Å². The lowest BCUT2D eigenvalue weighted by Gasteiger charge is -2.28. The number of aromatic nitrogens is 1. The summed E-state index contributed by atoms with van der Waals surface area (Å²) >= 11 is 0. The van der Waals surface area contributed by atoms with Crippen molar-refractivity contribution in [2.45, 2.75) is 39.8 Å². The van der Waals surface area contributed by atoms with E-state index < -0.39 is 0 Å². The van der Waals surface area contributed by atoms with Gasteiger partial charge in [-0.05, 0) is 52.0 Å². The van der Waals surface area contributed by atoms with Gasteiger partial charge in [-0.2, -0.15) is 5.26 Å². The largest absolute Gasteiger partial charge is 0.423 e. The zero-order chi connectivity index (χ0) is 14.7. The Kier molecular flexibility index (Phi) is 4.09. The molecule has 0 saturated heterocycles. The van der Waals surface area contributed by atoms with E-state index in [2.05, 4.69) is 43.6 Å². The van der Waals surface area contributed by atoms with Crippen molar-refractivity contribution in [2.24, 2.45) is 0 Å². The van der Waals surface area contributed by atoms with E-state index in [9.17, 15) is 0 Å². The van der Waals surface area contributed by atoms with Crippen molar-refractivity contribution >= 4 is 6.01 Å². The SMILES string of the molecule is CC(C)N(c1ncc(-c2ccc(C#N)cc2)o1)C(C)C. The lowest BCUT2D eigenvalue weighted by molar-refractivity contribution is 0.493. The van der Waals surface area contributed by atoms with E-state index in [4.69, 9.17) is 9.68 Å². The fourth-order valence-corrected chi connectivity index (χ4v) is 2.26. The molecule has 0 aliphatic carbocycles. The van der Waals surface area contributed by atoms with Gasteiger partial charge in [-0.1, -0.05) is 0 Å². The number of benzene rings is 1. The molecule has 2 aromatic rings. The first-order valence-electron chi connectivity index (χ1n) is 6.77. The molecule has 0 saturated carbocycles. The monoisotopic (exact) mass is 269 g/mol. The number of anilines is 1. The van der Waals surface area contributed by atoms with Crippen LogP contribution in [0.1, 0.15) is 33.3 Å². The summed E-state index contributed by atoms with van der Waals surface area (Å²) in [6, 6.07) is 10.7. The van der Waals surface area contributed by atoms with Gasteiger partial charge in [-0.25, -0.2) is 4.98 Å². The number of nitrogens with zero attached hydrogens (tertiary/aromatic N) is 3. The Morgan fingerprint density at radius 3 is 2.20 bits per heavy atom. The average molecular weight is 269 g/mol. The molecule has 1 heterocycles. The number of oxazole rings is 1. The summed E-state index contributed by atoms with van der Waals surface area (Å²) in [6.07, 6.45) is 1.73. The van der Waals surface area contributed by atoms with E-state index in [1.54, 1.807) is 18.3 Å². The van der Waals surface area contributed by atoms with Crippen molar-refractivity contribution in [3.05, 3.63) is 36.0 Å². The third kappa shape index (κ3) is 2.83. The predicted molar refractivity (Wildman–Crippen MR) is 79.4 cm³/mol. The van der Waals surface area contributed by atoms with Crippen LogP contribution < -0.4 is 4.90 Å². The summed E-state index contributed by atoms with van der Waals surface area (Å²) in [5.74, 6) is 0.718. The Labute approximate surface area is 119 Å². The molecule has 0 amide bonds. The second-order valence-corrected chi connectivity index (χ2v) is 5.29. The number of nitriles is 1. The molecule has 0 bridgehead atoms. The van der Waals surface area contributed by atoms with Crippen LogP contribution in [-0.4, -0.2) is 17.1 Å². The zero-order valence-corrected chi connectivity index (χ0v) is 12.3. The van der Waals surface area contributed by atoms with Crippen LogP contribution in [0.3, 0.4) is 0 Å². The van der Waals surface area contributed by atoms with Gasteiger partial charge in [0.1, 0.15) is 0 Å². The molecule has 0 fully saturated rings. The van der Waals surface area contributed by atoms with Gasteiger partial charge in [0.15, 0.2) is 5.76 Å². The number of hydrogen-bond acceptors (Lipinski definition) is 4. The molecule has 0 aliphatic rings. The minimum atomic E-state index is 0.322. The average Bonchev–Trinajstić information content (AvgIpc) is 2.87. The fraction of sp³-hybridized carbons (Fsp3) is 0.375. The summed E-state index contributed by atoms with van der Waals surface area (Å²) in [5, 5.41) is 8.81. The maximum atomic E-state index is 8.81. The van der Waals surface area contributed by atoms with E-state index in [1.807, 2.05) is 12.1 Å². The van der Waals surface area contributed by atoms with Crippen molar-refractivity contribution in [1.82, 2.24) is 4.98 Å². The molecule has 0 aliphatic heterocycles. The molecule has 104 valence electrons. The molecule has 0 unspecified atom stereocenters.